The molecule has 1 fully saturated rings. The lowest BCUT2D eigenvalue weighted by atomic mass is 9.85. The zero-order valence-corrected chi connectivity index (χ0v) is 9.40. The first kappa shape index (κ1) is 10.7. The monoisotopic (exact) mass is 205 g/mol. The van der Waals surface area contributed by atoms with E-state index < -0.39 is 5.60 Å². The van der Waals surface area contributed by atoms with Gasteiger partial charge in [-0.15, -0.1) is 0 Å². The van der Waals surface area contributed by atoms with E-state index in [1.54, 1.807) is 0 Å². The Morgan fingerprint density at radius 2 is 2.07 bits per heavy atom. The van der Waals surface area contributed by atoms with Gasteiger partial charge in [0.25, 0.3) is 0 Å². The second-order valence-corrected chi connectivity index (χ2v) is 4.52. The predicted molar refractivity (Wildman–Crippen MR) is 61.6 cm³/mol. The molecule has 82 valence electrons. The van der Waals surface area contributed by atoms with Crippen molar-refractivity contribution in [3.8, 4) is 0 Å². The van der Waals surface area contributed by atoms with Gasteiger partial charge in [-0.25, -0.2) is 0 Å². The van der Waals surface area contributed by atoms with Gasteiger partial charge in [0.2, 0.25) is 0 Å². The zero-order chi connectivity index (χ0) is 10.9. The van der Waals surface area contributed by atoms with Gasteiger partial charge in [-0.3, -0.25) is 0 Å². The first-order valence-corrected chi connectivity index (χ1v) is 5.70. The fourth-order valence-electron chi connectivity index (χ4n) is 2.65. The van der Waals surface area contributed by atoms with Gasteiger partial charge in [0.15, 0.2) is 0 Å². The van der Waals surface area contributed by atoms with Crippen molar-refractivity contribution < 1.29 is 5.11 Å². The molecule has 1 aliphatic rings. The minimum absolute atomic E-state index is 0.176. The third kappa shape index (κ3) is 1.80. The van der Waals surface area contributed by atoms with Crippen LogP contribution in [0.25, 0.3) is 0 Å². The second kappa shape index (κ2) is 3.95. The Labute approximate surface area is 91.3 Å². The molecule has 3 atom stereocenters. The Bertz CT molecular complexity index is 325. The van der Waals surface area contributed by atoms with Gasteiger partial charge < -0.3 is 10.4 Å². The highest BCUT2D eigenvalue weighted by atomic mass is 16.3. The van der Waals surface area contributed by atoms with E-state index >= 15 is 0 Å². The summed E-state index contributed by atoms with van der Waals surface area (Å²) in [5.41, 5.74) is 0.351. The molecule has 15 heavy (non-hydrogen) atoms. The first-order chi connectivity index (χ1) is 7.16. The topological polar surface area (TPSA) is 32.3 Å². The largest absolute Gasteiger partial charge is 0.383 e. The summed E-state index contributed by atoms with van der Waals surface area (Å²) in [6.45, 7) is 4.24. The molecule has 0 amide bonds. The van der Waals surface area contributed by atoms with Crippen LogP contribution >= 0.6 is 0 Å². The van der Waals surface area contributed by atoms with Crippen molar-refractivity contribution in [1.29, 1.82) is 0 Å². The van der Waals surface area contributed by atoms with Crippen molar-refractivity contribution in [3.05, 3.63) is 35.9 Å². The highest BCUT2D eigenvalue weighted by Crippen LogP contribution is 2.36. The van der Waals surface area contributed by atoms with Crippen LogP contribution in [0.3, 0.4) is 0 Å². The van der Waals surface area contributed by atoms with Crippen LogP contribution < -0.4 is 5.32 Å². The maximum absolute atomic E-state index is 10.7. The highest BCUT2D eigenvalue weighted by Gasteiger charge is 2.44. The minimum atomic E-state index is -0.685. The van der Waals surface area contributed by atoms with Gasteiger partial charge in [-0.05, 0) is 25.3 Å². The molecular weight excluding hydrogens is 186 g/mol. The van der Waals surface area contributed by atoms with Gasteiger partial charge in [-0.1, -0.05) is 37.3 Å². The predicted octanol–water partition coefficient (Wildman–Crippen LogP) is 2.03. The molecular formula is C13H19NO. The van der Waals surface area contributed by atoms with Crippen LogP contribution in [0.5, 0.6) is 0 Å². The molecule has 1 aromatic carbocycles. The van der Waals surface area contributed by atoms with Crippen molar-refractivity contribution in [3.63, 3.8) is 0 Å². The molecule has 0 bridgehead atoms. The summed E-state index contributed by atoms with van der Waals surface area (Å²) < 4.78 is 0. The van der Waals surface area contributed by atoms with Crippen LogP contribution in [-0.4, -0.2) is 17.2 Å². The summed E-state index contributed by atoms with van der Waals surface area (Å²) in [5, 5.41) is 14.2. The third-order valence-electron chi connectivity index (χ3n) is 3.36. The van der Waals surface area contributed by atoms with Crippen LogP contribution in [0.15, 0.2) is 30.3 Å². The van der Waals surface area contributed by atoms with E-state index in [0.29, 0.717) is 6.04 Å². The molecule has 1 saturated heterocycles. The van der Waals surface area contributed by atoms with E-state index in [2.05, 4.69) is 19.2 Å². The van der Waals surface area contributed by atoms with Crippen LogP contribution in [0.4, 0.5) is 0 Å². The lowest BCUT2D eigenvalue weighted by molar-refractivity contribution is 0.0214. The molecule has 2 heteroatoms. The van der Waals surface area contributed by atoms with Crippen LogP contribution in [-0.2, 0) is 5.60 Å². The van der Waals surface area contributed by atoms with Crippen molar-refractivity contribution in [2.24, 2.45) is 0 Å². The fraction of sp³-hybridized carbons (Fsp3) is 0.538. The quantitative estimate of drug-likeness (QED) is 0.774. The molecule has 2 rings (SSSR count). The van der Waals surface area contributed by atoms with Gasteiger partial charge >= 0.3 is 0 Å². The maximum atomic E-state index is 10.7. The summed E-state index contributed by atoms with van der Waals surface area (Å²) in [6, 6.07) is 10.6. The van der Waals surface area contributed by atoms with Crippen LogP contribution in [0, 0.1) is 0 Å². The molecule has 0 aliphatic carbocycles. The number of hydrogen-bond donors (Lipinski definition) is 2. The van der Waals surface area contributed by atoms with Gasteiger partial charge in [0.05, 0.1) is 0 Å². The number of benzene rings is 1. The molecule has 0 radical (unpaired) electrons. The van der Waals surface area contributed by atoms with E-state index in [1.807, 2.05) is 30.3 Å². The van der Waals surface area contributed by atoms with Gasteiger partial charge in [0.1, 0.15) is 5.60 Å². The Morgan fingerprint density at radius 3 is 2.67 bits per heavy atom. The third-order valence-corrected chi connectivity index (χ3v) is 3.36. The van der Waals surface area contributed by atoms with Crippen LogP contribution in [0.1, 0.15) is 32.3 Å². The average molecular weight is 205 g/mol. The lowest BCUT2D eigenvalue weighted by Gasteiger charge is -2.29. The standard InChI is InChI=1S/C13H19NO/c1-3-12-13(15,9-10(2)14-12)11-7-5-4-6-8-11/h4-8,10,12,14-15H,3,9H2,1-2H3. The maximum Gasteiger partial charge on any atom is 0.106 e. The first-order valence-electron chi connectivity index (χ1n) is 5.70. The molecule has 3 unspecified atom stereocenters. The lowest BCUT2D eigenvalue weighted by Crippen LogP contribution is -2.40. The summed E-state index contributed by atoms with van der Waals surface area (Å²) >= 11 is 0. The van der Waals surface area contributed by atoms with E-state index in [9.17, 15) is 5.11 Å². The smallest absolute Gasteiger partial charge is 0.106 e. The highest BCUT2D eigenvalue weighted by molar-refractivity contribution is 5.26. The molecule has 1 heterocycles. The fourth-order valence-corrected chi connectivity index (χ4v) is 2.65. The van der Waals surface area contributed by atoms with E-state index in [1.165, 1.54) is 0 Å². The molecule has 0 aromatic heterocycles. The minimum Gasteiger partial charge on any atom is -0.383 e. The Balaban J connectivity index is 2.33. The van der Waals surface area contributed by atoms with Crippen molar-refractivity contribution in [1.82, 2.24) is 5.32 Å². The molecule has 1 aromatic rings. The van der Waals surface area contributed by atoms with E-state index in [-0.39, 0.29) is 6.04 Å². The Kier molecular flexibility index (Phi) is 2.81. The summed E-state index contributed by atoms with van der Waals surface area (Å²) in [7, 11) is 0. The number of hydrogen-bond acceptors (Lipinski definition) is 2. The van der Waals surface area contributed by atoms with E-state index in [4.69, 9.17) is 0 Å². The molecule has 1 aliphatic heterocycles. The summed E-state index contributed by atoms with van der Waals surface area (Å²) in [6.07, 6.45) is 1.76. The summed E-state index contributed by atoms with van der Waals surface area (Å²) in [5.74, 6) is 0. The number of aliphatic hydroxyl groups is 1. The zero-order valence-electron chi connectivity index (χ0n) is 9.40. The second-order valence-electron chi connectivity index (χ2n) is 4.52. The van der Waals surface area contributed by atoms with E-state index in [0.717, 1.165) is 18.4 Å². The SMILES string of the molecule is CCC1NC(C)CC1(O)c1ccccc1. The molecule has 0 saturated carbocycles. The number of nitrogens with one attached hydrogen (secondary N) is 1. The molecule has 2 N–H and O–H groups in total. The summed E-state index contributed by atoms with van der Waals surface area (Å²) in [4.78, 5) is 0. The average Bonchev–Trinajstić information content (AvgIpc) is 2.56. The molecule has 2 nitrogen and oxygen atoms in total. The molecule has 0 spiro atoms. The van der Waals surface area contributed by atoms with Crippen LogP contribution in [0.2, 0.25) is 0 Å². The van der Waals surface area contributed by atoms with Crippen molar-refractivity contribution >= 4 is 0 Å². The number of rotatable bonds is 2. The van der Waals surface area contributed by atoms with Crippen molar-refractivity contribution in [2.75, 3.05) is 0 Å². The van der Waals surface area contributed by atoms with Crippen molar-refractivity contribution in [2.45, 2.75) is 44.4 Å². The normalized spacial score (nSPS) is 35.7. The Morgan fingerprint density at radius 1 is 1.40 bits per heavy atom. The van der Waals surface area contributed by atoms with Gasteiger partial charge in [0, 0.05) is 12.1 Å². The Hall–Kier alpha value is -0.860. The van der Waals surface area contributed by atoms with Gasteiger partial charge in [-0.2, -0.15) is 0 Å².